The predicted octanol–water partition coefficient (Wildman–Crippen LogP) is 2.54. The van der Waals surface area contributed by atoms with Gasteiger partial charge in [-0.3, -0.25) is 9.69 Å². The number of nitrogens with zero attached hydrogens (tertiary/aromatic N) is 2. The first kappa shape index (κ1) is 17.7. The highest BCUT2D eigenvalue weighted by Crippen LogP contribution is 2.15. The van der Waals surface area contributed by atoms with E-state index in [0.29, 0.717) is 0 Å². The van der Waals surface area contributed by atoms with Gasteiger partial charge in [0.05, 0.1) is 13.2 Å². The Balaban J connectivity index is 2.75. The van der Waals surface area contributed by atoms with Crippen molar-refractivity contribution in [3.63, 3.8) is 0 Å². The van der Waals surface area contributed by atoms with Crippen LogP contribution in [0.3, 0.4) is 0 Å². The first-order valence-corrected chi connectivity index (χ1v) is 7.56. The van der Waals surface area contributed by atoms with Crippen molar-refractivity contribution in [2.24, 2.45) is 0 Å². The quantitative estimate of drug-likeness (QED) is 0.655. The number of Topliss-reactive ketones (excluding diaryl/α,β-unsaturated/α-hetero) is 1. The maximum absolute atomic E-state index is 12.6. The molecule has 0 amide bonds. The van der Waals surface area contributed by atoms with Crippen molar-refractivity contribution in [1.29, 1.82) is 0 Å². The van der Waals surface area contributed by atoms with Crippen molar-refractivity contribution >= 4 is 5.78 Å². The molecule has 4 heteroatoms. The van der Waals surface area contributed by atoms with Gasteiger partial charge in [0.15, 0.2) is 5.78 Å². The number of ketones is 1. The lowest BCUT2D eigenvalue weighted by Gasteiger charge is -2.29. The van der Waals surface area contributed by atoms with E-state index in [1.54, 1.807) is 7.11 Å². The zero-order valence-corrected chi connectivity index (χ0v) is 13.9. The Morgan fingerprint density at radius 1 is 1.14 bits per heavy atom. The molecule has 1 aromatic rings. The summed E-state index contributed by atoms with van der Waals surface area (Å²) in [6.07, 6.45) is 1.05. The fourth-order valence-corrected chi connectivity index (χ4v) is 2.28. The van der Waals surface area contributed by atoms with E-state index in [-0.39, 0.29) is 11.8 Å². The van der Waals surface area contributed by atoms with Crippen LogP contribution in [-0.2, 0) is 0 Å². The summed E-state index contributed by atoms with van der Waals surface area (Å²) in [5, 5.41) is 0. The summed E-state index contributed by atoms with van der Waals surface area (Å²) in [7, 11) is 5.74. The van der Waals surface area contributed by atoms with Crippen molar-refractivity contribution in [2.75, 3.05) is 40.8 Å². The summed E-state index contributed by atoms with van der Waals surface area (Å²) in [6, 6.07) is 7.26. The minimum absolute atomic E-state index is 0.0988. The number of methoxy groups -OCH3 is 1. The van der Waals surface area contributed by atoms with E-state index in [9.17, 15) is 4.79 Å². The average molecular weight is 292 g/mol. The Morgan fingerprint density at radius 3 is 2.24 bits per heavy atom. The van der Waals surface area contributed by atoms with Gasteiger partial charge >= 0.3 is 0 Å². The largest absolute Gasteiger partial charge is 0.497 e. The molecule has 0 saturated heterocycles. The third-order valence-corrected chi connectivity index (χ3v) is 3.65. The lowest BCUT2D eigenvalue weighted by molar-refractivity contribution is 0.0828. The van der Waals surface area contributed by atoms with Gasteiger partial charge in [-0.25, -0.2) is 0 Å². The molecule has 4 nitrogen and oxygen atoms in total. The Labute approximate surface area is 128 Å². The highest BCUT2D eigenvalue weighted by atomic mass is 16.5. The minimum atomic E-state index is -0.0988. The number of benzene rings is 1. The van der Waals surface area contributed by atoms with Crippen LogP contribution in [0.25, 0.3) is 0 Å². The van der Waals surface area contributed by atoms with Gasteiger partial charge in [-0.05, 0) is 58.3 Å². The summed E-state index contributed by atoms with van der Waals surface area (Å²) in [5.74, 6) is 0.946. The van der Waals surface area contributed by atoms with E-state index in [1.807, 2.05) is 31.2 Å². The fourth-order valence-electron chi connectivity index (χ4n) is 2.28. The molecule has 21 heavy (non-hydrogen) atoms. The molecule has 0 fully saturated rings. The normalized spacial score (nSPS) is 12.7. The van der Waals surface area contributed by atoms with Gasteiger partial charge in [0.1, 0.15) is 5.75 Å². The predicted molar refractivity (Wildman–Crippen MR) is 87.2 cm³/mol. The summed E-state index contributed by atoms with van der Waals surface area (Å²) in [6.45, 7) is 6.95. The Kier molecular flexibility index (Phi) is 7.40. The molecule has 1 aromatic carbocycles. The molecule has 0 aliphatic rings. The van der Waals surface area contributed by atoms with Crippen LogP contribution in [0.4, 0.5) is 0 Å². The van der Waals surface area contributed by atoms with Crippen molar-refractivity contribution in [3.8, 4) is 5.75 Å². The lowest BCUT2D eigenvalue weighted by atomic mass is 10.0. The van der Waals surface area contributed by atoms with Crippen LogP contribution in [0.15, 0.2) is 24.3 Å². The van der Waals surface area contributed by atoms with Gasteiger partial charge < -0.3 is 9.64 Å². The number of rotatable bonds is 9. The smallest absolute Gasteiger partial charge is 0.179 e. The molecule has 1 rings (SSSR count). The molecule has 0 heterocycles. The van der Waals surface area contributed by atoms with Crippen molar-refractivity contribution < 1.29 is 9.53 Å². The van der Waals surface area contributed by atoms with Gasteiger partial charge in [0.25, 0.3) is 0 Å². The molecular formula is C17H28N2O2. The highest BCUT2D eigenvalue weighted by Gasteiger charge is 2.21. The summed E-state index contributed by atoms with van der Waals surface area (Å²) in [5.41, 5.74) is 0.745. The standard InChI is InChI=1S/C17H28N2O2/c1-6-11-19(13-12-18(3)4)14(2)17(20)15-7-9-16(21-5)10-8-15/h7-10,14H,6,11-13H2,1-5H3. The molecule has 0 bridgehead atoms. The van der Waals surface area contributed by atoms with E-state index in [1.165, 1.54) is 0 Å². The topological polar surface area (TPSA) is 32.8 Å². The average Bonchev–Trinajstić information content (AvgIpc) is 2.50. The second-order valence-corrected chi connectivity index (χ2v) is 5.61. The Hall–Kier alpha value is -1.39. The fraction of sp³-hybridized carbons (Fsp3) is 0.588. The number of hydrogen-bond acceptors (Lipinski definition) is 4. The SMILES string of the molecule is CCCN(CCN(C)C)C(C)C(=O)c1ccc(OC)cc1. The summed E-state index contributed by atoms with van der Waals surface area (Å²) >= 11 is 0. The number of carbonyl (C=O) groups excluding carboxylic acids is 1. The van der Waals surface area contributed by atoms with Crippen LogP contribution >= 0.6 is 0 Å². The molecule has 1 atom stereocenters. The molecule has 0 saturated carbocycles. The Morgan fingerprint density at radius 2 is 1.76 bits per heavy atom. The second-order valence-electron chi connectivity index (χ2n) is 5.61. The number of likely N-dealkylation sites (N-methyl/N-ethyl adjacent to an activating group) is 1. The molecule has 0 N–H and O–H groups in total. The second kappa shape index (κ2) is 8.80. The van der Waals surface area contributed by atoms with Crippen molar-refractivity contribution in [3.05, 3.63) is 29.8 Å². The highest BCUT2D eigenvalue weighted by molar-refractivity contribution is 5.99. The van der Waals surface area contributed by atoms with Gasteiger partial charge in [-0.15, -0.1) is 0 Å². The van der Waals surface area contributed by atoms with E-state index >= 15 is 0 Å². The first-order chi connectivity index (χ1) is 9.99. The van der Waals surface area contributed by atoms with Crippen LogP contribution in [-0.4, -0.2) is 62.5 Å². The van der Waals surface area contributed by atoms with Gasteiger partial charge in [-0.1, -0.05) is 6.92 Å². The van der Waals surface area contributed by atoms with E-state index in [0.717, 1.165) is 37.4 Å². The van der Waals surface area contributed by atoms with Crippen molar-refractivity contribution in [1.82, 2.24) is 9.80 Å². The first-order valence-electron chi connectivity index (χ1n) is 7.56. The zero-order chi connectivity index (χ0) is 15.8. The molecule has 0 spiro atoms. The van der Waals surface area contributed by atoms with Gasteiger partial charge in [0.2, 0.25) is 0 Å². The number of ether oxygens (including phenoxy) is 1. The van der Waals surface area contributed by atoms with Crippen LogP contribution < -0.4 is 4.74 Å². The maximum atomic E-state index is 12.6. The van der Waals surface area contributed by atoms with Gasteiger partial charge in [0, 0.05) is 18.7 Å². The molecule has 118 valence electrons. The van der Waals surface area contributed by atoms with Crippen LogP contribution in [0, 0.1) is 0 Å². The van der Waals surface area contributed by atoms with Crippen LogP contribution in [0.5, 0.6) is 5.75 Å². The molecule has 0 aromatic heterocycles. The maximum Gasteiger partial charge on any atom is 0.179 e. The summed E-state index contributed by atoms with van der Waals surface area (Å²) < 4.78 is 5.13. The Bertz CT molecular complexity index is 429. The van der Waals surface area contributed by atoms with E-state index < -0.39 is 0 Å². The zero-order valence-electron chi connectivity index (χ0n) is 13.9. The van der Waals surface area contributed by atoms with Gasteiger partial charge in [-0.2, -0.15) is 0 Å². The minimum Gasteiger partial charge on any atom is -0.497 e. The lowest BCUT2D eigenvalue weighted by Crippen LogP contribution is -2.43. The number of hydrogen-bond donors (Lipinski definition) is 0. The third kappa shape index (κ3) is 5.48. The molecule has 0 aliphatic carbocycles. The van der Waals surface area contributed by atoms with Crippen LogP contribution in [0.1, 0.15) is 30.6 Å². The van der Waals surface area contributed by atoms with Crippen molar-refractivity contribution in [2.45, 2.75) is 26.3 Å². The number of carbonyl (C=O) groups is 1. The monoisotopic (exact) mass is 292 g/mol. The summed E-state index contributed by atoms with van der Waals surface area (Å²) in [4.78, 5) is 17.0. The third-order valence-electron chi connectivity index (χ3n) is 3.65. The molecule has 0 aliphatic heterocycles. The molecule has 1 unspecified atom stereocenters. The van der Waals surface area contributed by atoms with Crippen LogP contribution in [0.2, 0.25) is 0 Å². The van der Waals surface area contributed by atoms with E-state index in [4.69, 9.17) is 4.74 Å². The molecular weight excluding hydrogens is 264 g/mol. The van der Waals surface area contributed by atoms with E-state index in [2.05, 4.69) is 30.8 Å². The molecule has 0 radical (unpaired) electrons.